The summed E-state index contributed by atoms with van der Waals surface area (Å²) in [5.74, 6) is 1.11. The number of aromatic nitrogens is 3. The molecule has 0 radical (unpaired) electrons. The number of nitrogens with one attached hydrogen (secondary N) is 2. The zero-order chi connectivity index (χ0) is 12.8. The van der Waals surface area contributed by atoms with Crippen LogP contribution < -0.4 is 14.8 Å². The molecule has 0 spiro atoms. The average Bonchev–Trinajstić information content (AvgIpc) is 2.89. The summed E-state index contributed by atoms with van der Waals surface area (Å²) in [7, 11) is 1.54. The number of hydrogen-bond acceptors (Lipinski definition) is 5. The highest BCUT2D eigenvalue weighted by Crippen LogP contribution is 2.25. The van der Waals surface area contributed by atoms with Crippen molar-refractivity contribution in [3.8, 4) is 11.5 Å². The molecule has 0 bridgehead atoms. The Balaban J connectivity index is 1.89. The lowest BCUT2D eigenvalue weighted by Gasteiger charge is -2.09. The van der Waals surface area contributed by atoms with E-state index in [1.807, 2.05) is 6.07 Å². The summed E-state index contributed by atoms with van der Waals surface area (Å²) < 4.78 is 10.4. The van der Waals surface area contributed by atoms with Gasteiger partial charge in [-0.2, -0.15) is 10.3 Å². The van der Waals surface area contributed by atoms with Crippen LogP contribution in [0.15, 0.2) is 30.5 Å². The number of amides is 1. The Bertz CT molecular complexity index is 513. The van der Waals surface area contributed by atoms with Gasteiger partial charge in [0, 0.05) is 0 Å². The summed E-state index contributed by atoms with van der Waals surface area (Å²) in [6.45, 7) is -0.132. The van der Waals surface area contributed by atoms with Crippen molar-refractivity contribution in [3.05, 3.63) is 30.5 Å². The number of para-hydroxylation sites is 2. The molecule has 1 amide bonds. The first-order valence-corrected chi connectivity index (χ1v) is 5.21. The van der Waals surface area contributed by atoms with Gasteiger partial charge >= 0.3 is 0 Å². The third-order valence-corrected chi connectivity index (χ3v) is 2.11. The minimum absolute atomic E-state index is 0.132. The normalized spacial score (nSPS) is 9.83. The molecular formula is C11H12N4O3. The number of benzene rings is 1. The van der Waals surface area contributed by atoms with Gasteiger partial charge < -0.3 is 14.8 Å². The number of hydrogen-bond donors (Lipinski definition) is 2. The van der Waals surface area contributed by atoms with E-state index in [-0.39, 0.29) is 12.5 Å². The van der Waals surface area contributed by atoms with Crippen molar-refractivity contribution in [2.24, 2.45) is 0 Å². The van der Waals surface area contributed by atoms with Gasteiger partial charge in [-0.15, -0.1) is 5.10 Å². The van der Waals surface area contributed by atoms with E-state index < -0.39 is 0 Å². The van der Waals surface area contributed by atoms with E-state index in [9.17, 15) is 4.79 Å². The molecule has 2 N–H and O–H groups in total. The molecule has 2 aromatic rings. The van der Waals surface area contributed by atoms with Gasteiger partial charge in [0.1, 0.15) is 0 Å². The molecule has 18 heavy (non-hydrogen) atoms. The third-order valence-electron chi connectivity index (χ3n) is 2.11. The van der Waals surface area contributed by atoms with Crippen molar-refractivity contribution in [1.82, 2.24) is 15.4 Å². The van der Waals surface area contributed by atoms with Gasteiger partial charge in [-0.25, -0.2) is 0 Å². The molecule has 0 aliphatic rings. The summed E-state index contributed by atoms with van der Waals surface area (Å²) in [5.41, 5.74) is 0. The molecule has 1 heterocycles. The molecule has 0 saturated heterocycles. The Morgan fingerprint density at radius 1 is 1.39 bits per heavy atom. The summed E-state index contributed by atoms with van der Waals surface area (Å²) in [5, 5.41) is 12.2. The Hall–Kier alpha value is -2.57. The number of ether oxygens (including phenoxy) is 2. The number of aromatic amines is 1. The molecule has 1 aromatic carbocycles. The van der Waals surface area contributed by atoms with Gasteiger partial charge in [0.15, 0.2) is 23.9 Å². The minimum atomic E-state index is -0.324. The van der Waals surface area contributed by atoms with Gasteiger partial charge in [-0.05, 0) is 12.1 Å². The second-order valence-electron chi connectivity index (χ2n) is 3.34. The zero-order valence-corrected chi connectivity index (χ0v) is 9.71. The Morgan fingerprint density at radius 2 is 2.17 bits per heavy atom. The van der Waals surface area contributed by atoms with Crippen LogP contribution in [0, 0.1) is 0 Å². The summed E-state index contributed by atoms with van der Waals surface area (Å²) in [6.07, 6.45) is 1.40. The van der Waals surface area contributed by atoms with Crippen LogP contribution >= 0.6 is 0 Å². The van der Waals surface area contributed by atoms with Crippen LogP contribution in [0.1, 0.15) is 0 Å². The minimum Gasteiger partial charge on any atom is -0.493 e. The Kier molecular flexibility index (Phi) is 3.75. The van der Waals surface area contributed by atoms with Crippen LogP contribution in [0.4, 0.5) is 5.82 Å². The van der Waals surface area contributed by atoms with Crippen LogP contribution in [0.3, 0.4) is 0 Å². The second-order valence-corrected chi connectivity index (χ2v) is 3.34. The van der Waals surface area contributed by atoms with Crippen molar-refractivity contribution < 1.29 is 14.3 Å². The Labute approximate surface area is 103 Å². The van der Waals surface area contributed by atoms with Gasteiger partial charge in [0.2, 0.25) is 0 Å². The highest BCUT2D eigenvalue weighted by atomic mass is 16.5. The van der Waals surface area contributed by atoms with E-state index in [0.717, 1.165) is 0 Å². The average molecular weight is 248 g/mol. The van der Waals surface area contributed by atoms with Crippen molar-refractivity contribution in [1.29, 1.82) is 0 Å². The molecule has 0 saturated carbocycles. The molecule has 7 nitrogen and oxygen atoms in total. The van der Waals surface area contributed by atoms with Gasteiger partial charge in [-0.3, -0.25) is 4.79 Å². The highest BCUT2D eigenvalue weighted by Gasteiger charge is 2.07. The predicted molar refractivity (Wildman–Crippen MR) is 63.5 cm³/mol. The number of anilines is 1. The van der Waals surface area contributed by atoms with Crippen LogP contribution in [0.2, 0.25) is 0 Å². The molecule has 1 aromatic heterocycles. The molecule has 0 aliphatic carbocycles. The first-order chi connectivity index (χ1) is 8.79. The van der Waals surface area contributed by atoms with Gasteiger partial charge in [0.25, 0.3) is 5.91 Å². The van der Waals surface area contributed by atoms with Crippen LogP contribution in [0.5, 0.6) is 11.5 Å². The fourth-order valence-electron chi connectivity index (χ4n) is 1.32. The number of methoxy groups -OCH3 is 1. The molecule has 7 heteroatoms. The van der Waals surface area contributed by atoms with Crippen LogP contribution in [0.25, 0.3) is 0 Å². The van der Waals surface area contributed by atoms with Gasteiger partial charge in [0.05, 0.1) is 13.3 Å². The SMILES string of the molecule is COc1ccccc1OCC(=O)Nc1cn[nH]n1. The lowest BCUT2D eigenvalue weighted by Crippen LogP contribution is -2.20. The van der Waals surface area contributed by atoms with E-state index in [2.05, 4.69) is 20.7 Å². The fourth-order valence-corrected chi connectivity index (χ4v) is 1.32. The van der Waals surface area contributed by atoms with Crippen LogP contribution in [-0.4, -0.2) is 35.0 Å². The number of carbonyl (C=O) groups is 1. The van der Waals surface area contributed by atoms with Crippen LogP contribution in [-0.2, 0) is 4.79 Å². The standard InChI is InChI=1S/C11H12N4O3/c1-17-8-4-2-3-5-9(8)18-7-11(16)13-10-6-12-15-14-10/h2-6H,7H2,1H3,(H2,12,13,14,15,16). The predicted octanol–water partition coefficient (Wildman–Crippen LogP) is 0.831. The molecular weight excluding hydrogens is 236 g/mol. The largest absolute Gasteiger partial charge is 0.493 e. The first kappa shape index (κ1) is 11.9. The lowest BCUT2D eigenvalue weighted by atomic mass is 10.3. The molecule has 0 atom stereocenters. The van der Waals surface area contributed by atoms with Gasteiger partial charge in [-0.1, -0.05) is 12.1 Å². The number of carbonyl (C=O) groups excluding carboxylic acids is 1. The zero-order valence-electron chi connectivity index (χ0n) is 9.71. The highest BCUT2D eigenvalue weighted by molar-refractivity contribution is 5.90. The van der Waals surface area contributed by atoms with Crippen molar-refractivity contribution in [3.63, 3.8) is 0 Å². The van der Waals surface area contributed by atoms with E-state index in [1.54, 1.807) is 18.2 Å². The maximum Gasteiger partial charge on any atom is 0.263 e. The number of H-pyrrole nitrogens is 1. The third kappa shape index (κ3) is 2.97. The monoisotopic (exact) mass is 248 g/mol. The maximum absolute atomic E-state index is 11.5. The quantitative estimate of drug-likeness (QED) is 0.818. The Morgan fingerprint density at radius 3 is 2.83 bits per heavy atom. The number of rotatable bonds is 5. The molecule has 94 valence electrons. The number of nitrogens with zero attached hydrogens (tertiary/aromatic N) is 2. The maximum atomic E-state index is 11.5. The summed E-state index contributed by atoms with van der Waals surface area (Å²) in [4.78, 5) is 11.5. The topological polar surface area (TPSA) is 89.1 Å². The first-order valence-electron chi connectivity index (χ1n) is 5.21. The summed E-state index contributed by atoms with van der Waals surface area (Å²) >= 11 is 0. The lowest BCUT2D eigenvalue weighted by molar-refractivity contribution is -0.118. The second kappa shape index (κ2) is 5.67. The van der Waals surface area contributed by atoms with E-state index >= 15 is 0 Å². The van der Waals surface area contributed by atoms with E-state index in [1.165, 1.54) is 13.3 Å². The van der Waals surface area contributed by atoms with E-state index in [0.29, 0.717) is 17.3 Å². The molecule has 0 fully saturated rings. The molecule has 0 unspecified atom stereocenters. The van der Waals surface area contributed by atoms with E-state index in [4.69, 9.17) is 9.47 Å². The van der Waals surface area contributed by atoms with Crippen molar-refractivity contribution >= 4 is 11.7 Å². The molecule has 0 aliphatic heterocycles. The van der Waals surface area contributed by atoms with Crippen molar-refractivity contribution in [2.45, 2.75) is 0 Å². The fraction of sp³-hybridized carbons (Fsp3) is 0.182. The summed E-state index contributed by atoms with van der Waals surface area (Å²) in [6, 6.07) is 7.10. The van der Waals surface area contributed by atoms with Crippen molar-refractivity contribution in [2.75, 3.05) is 19.0 Å². The molecule has 2 rings (SSSR count). The smallest absolute Gasteiger partial charge is 0.263 e.